The summed E-state index contributed by atoms with van der Waals surface area (Å²) in [7, 11) is -1.98. The molecule has 0 amide bonds. The van der Waals surface area contributed by atoms with E-state index in [1.54, 1.807) is 37.7 Å². The second-order valence-electron chi connectivity index (χ2n) is 7.38. The molecule has 0 aliphatic heterocycles. The molecule has 0 radical (unpaired) electrons. The van der Waals surface area contributed by atoms with Gasteiger partial charge in [-0.1, -0.05) is 26.0 Å². The van der Waals surface area contributed by atoms with E-state index in [0.29, 0.717) is 24.0 Å². The maximum atomic E-state index is 13.2. The smallest absolute Gasteiger partial charge is 0.243 e. The predicted octanol–water partition coefficient (Wildman–Crippen LogP) is 4.31. The van der Waals surface area contributed by atoms with Gasteiger partial charge in [-0.2, -0.15) is 9.41 Å². The van der Waals surface area contributed by atoms with Crippen molar-refractivity contribution >= 4 is 50.2 Å². The van der Waals surface area contributed by atoms with Crippen molar-refractivity contribution in [1.29, 1.82) is 0 Å². The summed E-state index contributed by atoms with van der Waals surface area (Å²) in [5.74, 6) is 0.663. The van der Waals surface area contributed by atoms with Crippen molar-refractivity contribution in [3.8, 4) is 5.75 Å². The number of sulfonamides is 1. The Morgan fingerprint density at radius 1 is 1.18 bits per heavy atom. The van der Waals surface area contributed by atoms with E-state index in [9.17, 15) is 8.42 Å². The lowest BCUT2D eigenvalue weighted by atomic mass is 10.2. The molecule has 8 nitrogen and oxygen atoms in total. The van der Waals surface area contributed by atoms with Crippen molar-refractivity contribution < 1.29 is 13.2 Å². The van der Waals surface area contributed by atoms with Gasteiger partial charge < -0.3 is 15.0 Å². The Hall–Kier alpha value is -2.95. The number of benzene rings is 2. The van der Waals surface area contributed by atoms with E-state index < -0.39 is 10.0 Å². The standard InChI is InChI=1S/C23H29N5O3S2/c1-4-12-28(13-5-2)33(29,30)18-10-11-20-19(14-18)17(15-24-20)16-25-27-23(32)26-21-8-6-7-9-22(21)31-3/h6-11,14-16,24H,4-5,12-13H2,1-3H3,(H2,26,27,32)/b25-16+. The molecule has 33 heavy (non-hydrogen) atoms. The Bertz CT molecular complexity index is 1230. The lowest BCUT2D eigenvalue weighted by molar-refractivity contribution is 0.410. The summed E-state index contributed by atoms with van der Waals surface area (Å²) in [5, 5.41) is 8.30. The van der Waals surface area contributed by atoms with Gasteiger partial charge in [-0.15, -0.1) is 0 Å². The first-order valence-corrected chi connectivity index (χ1v) is 12.6. The van der Waals surface area contributed by atoms with Gasteiger partial charge in [-0.05, 0) is 55.4 Å². The van der Waals surface area contributed by atoms with Gasteiger partial charge in [0.2, 0.25) is 10.0 Å². The van der Waals surface area contributed by atoms with Crippen LogP contribution in [0.1, 0.15) is 32.3 Å². The quantitative estimate of drug-likeness (QED) is 0.224. The van der Waals surface area contributed by atoms with Gasteiger partial charge in [0.25, 0.3) is 0 Å². The van der Waals surface area contributed by atoms with E-state index in [1.807, 2.05) is 38.1 Å². The molecule has 0 unspecified atom stereocenters. The SMILES string of the molecule is CCCN(CCC)S(=O)(=O)c1ccc2[nH]cc(/C=N/NC(=S)Nc3ccccc3OC)c2c1. The number of nitrogens with zero attached hydrogens (tertiary/aromatic N) is 2. The van der Waals surface area contributed by atoms with Crippen LogP contribution in [-0.2, 0) is 10.0 Å². The summed E-state index contributed by atoms with van der Waals surface area (Å²) in [4.78, 5) is 3.42. The van der Waals surface area contributed by atoms with Gasteiger partial charge in [0.15, 0.2) is 5.11 Å². The highest BCUT2D eigenvalue weighted by molar-refractivity contribution is 7.89. The Morgan fingerprint density at radius 3 is 2.61 bits per heavy atom. The van der Waals surface area contributed by atoms with Gasteiger partial charge in [-0.25, -0.2) is 8.42 Å². The number of aromatic nitrogens is 1. The van der Waals surface area contributed by atoms with Gasteiger partial charge in [0.1, 0.15) is 5.75 Å². The topological polar surface area (TPSA) is 98.8 Å². The number of thiocarbonyl (C=S) groups is 1. The molecule has 1 heterocycles. The molecule has 3 rings (SSSR count). The summed E-state index contributed by atoms with van der Waals surface area (Å²) in [6.45, 7) is 4.94. The third kappa shape index (κ3) is 5.89. The molecular formula is C23H29N5O3S2. The highest BCUT2D eigenvalue weighted by Crippen LogP contribution is 2.24. The zero-order valence-corrected chi connectivity index (χ0v) is 20.6. The number of ether oxygens (including phenoxy) is 1. The fraction of sp³-hybridized carbons (Fsp3) is 0.304. The van der Waals surface area contributed by atoms with Crippen LogP contribution in [0, 0.1) is 0 Å². The molecular weight excluding hydrogens is 458 g/mol. The lowest BCUT2D eigenvalue weighted by Gasteiger charge is -2.21. The van der Waals surface area contributed by atoms with Crippen LogP contribution in [0.5, 0.6) is 5.75 Å². The minimum absolute atomic E-state index is 0.271. The van der Waals surface area contributed by atoms with Gasteiger partial charge >= 0.3 is 0 Å². The number of anilines is 1. The number of methoxy groups -OCH3 is 1. The normalized spacial score (nSPS) is 11.9. The summed E-state index contributed by atoms with van der Waals surface area (Å²) < 4.78 is 33.1. The van der Waals surface area contributed by atoms with Crippen molar-refractivity contribution in [1.82, 2.24) is 14.7 Å². The first kappa shape index (κ1) is 24.7. The first-order valence-electron chi connectivity index (χ1n) is 10.7. The number of H-pyrrole nitrogens is 1. The summed E-state index contributed by atoms with van der Waals surface area (Å²) in [6, 6.07) is 12.5. The molecule has 10 heteroatoms. The molecule has 0 atom stereocenters. The second kappa shape index (κ2) is 11.3. The van der Waals surface area contributed by atoms with Crippen molar-refractivity contribution in [2.75, 3.05) is 25.5 Å². The molecule has 0 saturated heterocycles. The van der Waals surface area contributed by atoms with Gasteiger partial charge in [0, 0.05) is 35.8 Å². The Labute approximate surface area is 200 Å². The Morgan fingerprint density at radius 2 is 1.91 bits per heavy atom. The number of fused-ring (bicyclic) bond motifs is 1. The zero-order chi connectivity index (χ0) is 23.8. The van der Waals surface area contributed by atoms with Gasteiger partial charge in [-0.3, -0.25) is 5.43 Å². The van der Waals surface area contributed by atoms with E-state index >= 15 is 0 Å². The third-order valence-corrected chi connectivity index (χ3v) is 7.08. The average Bonchev–Trinajstić information content (AvgIpc) is 3.21. The van der Waals surface area contributed by atoms with E-state index in [0.717, 1.165) is 35.0 Å². The second-order valence-corrected chi connectivity index (χ2v) is 9.73. The maximum absolute atomic E-state index is 13.2. The molecule has 0 saturated carbocycles. The minimum Gasteiger partial charge on any atom is -0.495 e. The van der Waals surface area contributed by atoms with Crippen LogP contribution < -0.4 is 15.5 Å². The fourth-order valence-electron chi connectivity index (χ4n) is 3.45. The van der Waals surface area contributed by atoms with Crippen LogP contribution >= 0.6 is 12.2 Å². The Kier molecular flexibility index (Phi) is 8.43. The zero-order valence-electron chi connectivity index (χ0n) is 19.0. The van der Waals surface area contributed by atoms with Crippen LogP contribution in [0.4, 0.5) is 5.69 Å². The summed E-state index contributed by atoms with van der Waals surface area (Å²) in [6.07, 6.45) is 4.90. The molecule has 3 aromatic rings. The average molecular weight is 488 g/mol. The molecule has 0 aliphatic carbocycles. The third-order valence-electron chi connectivity index (χ3n) is 4.99. The number of rotatable bonds is 10. The number of hydrazone groups is 1. The van der Waals surface area contributed by atoms with Crippen molar-refractivity contribution in [2.45, 2.75) is 31.6 Å². The number of hydrogen-bond donors (Lipinski definition) is 3. The summed E-state index contributed by atoms with van der Waals surface area (Å²) >= 11 is 5.30. The Balaban J connectivity index is 1.77. The molecule has 1 aromatic heterocycles. The van der Waals surface area contributed by atoms with Crippen LogP contribution in [0.15, 0.2) is 58.7 Å². The molecule has 176 valence electrons. The molecule has 0 aliphatic rings. The number of para-hydroxylation sites is 2. The van der Waals surface area contributed by atoms with Crippen LogP contribution in [0.3, 0.4) is 0 Å². The molecule has 0 spiro atoms. The predicted molar refractivity (Wildman–Crippen MR) is 138 cm³/mol. The van der Waals surface area contributed by atoms with E-state index in [2.05, 4.69) is 20.8 Å². The largest absolute Gasteiger partial charge is 0.495 e. The highest BCUT2D eigenvalue weighted by Gasteiger charge is 2.23. The number of nitrogens with one attached hydrogen (secondary N) is 3. The maximum Gasteiger partial charge on any atom is 0.243 e. The first-order chi connectivity index (χ1) is 15.9. The monoisotopic (exact) mass is 487 g/mol. The van der Waals surface area contributed by atoms with Crippen molar-refractivity contribution in [3.05, 3.63) is 54.2 Å². The fourth-order valence-corrected chi connectivity index (χ4v) is 5.26. The number of aromatic amines is 1. The molecule has 0 fully saturated rings. The van der Waals surface area contributed by atoms with Crippen LogP contribution in [0.25, 0.3) is 10.9 Å². The van der Waals surface area contributed by atoms with Crippen LogP contribution in [0.2, 0.25) is 0 Å². The van der Waals surface area contributed by atoms with Crippen molar-refractivity contribution in [2.24, 2.45) is 5.10 Å². The number of hydrogen-bond acceptors (Lipinski definition) is 5. The minimum atomic E-state index is -3.57. The molecule has 0 bridgehead atoms. The van der Waals surface area contributed by atoms with Gasteiger partial charge in [0.05, 0.1) is 23.9 Å². The van der Waals surface area contributed by atoms with Crippen LogP contribution in [-0.4, -0.2) is 49.2 Å². The van der Waals surface area contributed by atoms with E-state index in [4.69, 9.17) is 17.0 Å². The molecule has 3 N–H and O–H groups in total. The highest BCUT2D eigenvalue weighted by atomic mass is 32.2. The van der Waals surface area contributed by atoms with Crippen molar-refractivity contribution in [3.63, 3.8) is 0 Å². The van der Waals surface area contributed by atoms with E-state index in [-0.39, 0.29) is 4.90 Å². The molecule has 2 aromatic carbocycles. The van der Waals surface area contributed by atoms with E-state index in [1.165, 1.54) is 4.31 Å². The summed E-state index contributed by atoms with van der Waals surface area (Å²) in [5.41, 5.74) is 5.06. The lowest BCUT2D eigenvalue weighted by Crippen LogP contribution is -2.32.